The third-order valence-electron chi connectivity index (χ3n) is 5.43. The molecule has 5 rings (SSSR count). The van der Waals surface area contributed by atoms with Crippen LogP contribution in [-0.4, -0.2) is 54.4 Å². The van der Waals surface area contributed by atoms with Crippen LogP contribution < -0.4 is 4.74 Å². The van der Waals surface area contributed by atoms with E-state index in [1.165, 1.54) is 10.6 Å². The molecule has 0 spiro atoms. The number of nitrogens with zero attached hydrogens (tertiary/aromatic N) is 3. The molecule has 0 amide bonds. The predicted molar refractivity (Wildman–Crippen MR) is 93.5 cm³/mol. The second kappa shape index (κ2) is 5.54. The van der Waals surface area contributed by atoms with Crippen LogP contribution in [-0.2, 0) is 10.0 Å². The number of hydrogen-bond acceptors (Lipinski definition) is 5. The third kappa shape index (κ3) is 3.04. The maximum Gasteiger partial charge on any atom is 0.210 e. The van der Waals surface area contributed by atoms with Crippen LogP contribution in [0.3, 0.4) is 0 Å². The largest absolute Gasteiger partial charge is 0.491 e. The van der Waals surface area contributed by atoms with Crippen LogP contribution in [0.1, 0.15) is 19.3 Å². The van der Waals surface area contributed by atoms with Crippen LogP contribution in [0.5, 0.6) is 5.75 Å². The van der Waals surface area contributed by atoms with Crippen molar-refractivity contribution in [2.75, 3.05) is 26.5 Å². The molecular weight excluding hydrogens is 340 g/mol. The van der Waals surface area contributed by atoms with Gasteiger partial charge in [-0.3, -0.25) is 10.1 Å². The molecule has 2 heterocycles. The monoisotopic (exact) mass is 362 g/mol. The van der Waals surface area contributed by atoms with Crippen LogP contribution in [0.15, 0.2) is 30.6 Å². The van der Waals surface area contributed by atoms with Gasteiger partial charge in [0.2, 0.25) is 10.0 Å². The Hall–Kier alpha value is -1.93. The van der Waals surface area contributed by atoms with E-state index in [1.807, 2.05) is 18.2 Å². The molecule has 1 N–H and O–H groups in total. The molecule has 3 saturated carbocycles. The second-order valence-electron chi connectivity index (χ2n) is 7.69. The lowest BCUT2D eigenvalue weighted by Gasteiger charge is -2.71. The van der Waals surface area contributed by atoms with Gasteiger partial charge in [0.25, 0.3) is 0 Å². The molecule has 0 atom stereocenters. The molecule has 3 aliphatic carbocycles. The number of aromatic nitrogens is 3. The quantitative estimate of drug-likeness (QED) is 0.813. The minimum atomic E-state index is -3.10. The maximum atomic E-state index is 11.6. The zero-order chi connectivity index (χ0) is 17.7. The van der Waals surface area contributed by atoms with Gasteiger partial charge >= 0.3 is 0 Å². The third-order valence-corrected chi connectivity index (χ3v) is 6.69. The first-order valence-electron chi connectivity index (χ1n) is 8.29. The van der Waals surface area contributed by atoms with Gasteiger partial charge in [0.1, 0.15) is 5.75 Å². The fourth-order valence-electron chi connectivity index (χ4n) is 4.40. The van der Waals surface area contributed by atoms with Crippen LogP contribution in [0.25, 0.3) is 11.4 Å². The van der Waals surface area contributed by atoms with E-state index in [0.29, 0.717) is 13.2 Å². The fraction of sp³-hybridized carbons (Fsp3) is 0.529. The molecule has 8 heteroatoms. The van der Waals surface area contributed by atoms with Crippen LogP contribution >= 0.6 is 0 Å². The average molecular weight is 362 g/mol. The number of pyridine rings is 1. The predicted octanol–water partition coefficient (Wildman–Crippen LogP) is 1.91. The lowest BCUT2D eigenvalue weighted by molar-refractivity contribution is -0.220. The summed E-state index contributed by atoms with van der Waals surface area (Å²) in [5, 5.41) is 6.80. The SMILES string of the molecule is CN(C[C@]12C[C@](COc3ccc(-c4ccn[nH]4)nc3)(C1)C2)S(C)(=O)=O. The number of aromatic amines is 1. The van der Waals surface area contributed by atoms with Crippen molar-refractivity contribution in [3.8, 4) is 17.1 Å². The molecular formula is C17H22N4O3S. The van der Waals surface area contributed by atoms with Gasteiger partial charge in [0, 0.05) is 25.2 Å². The molecule has 0 aromatic carbocycles. The Bertz CT molecular complexity index is 842. The average Bonchev–Trinajstić information content (AvgIpc) is 3.02. The number of ether oxygens (including phenoxy) is 1. The highest BCUT2D eigenvalue weighted by Gasteiger charge is 2.68. The van der Waals surface area contributed by atoms with E-state index >= 15 is 0 Å². The zero-order valence-corrected chi connectivity index (χ0v) is 15.2. The molecule has 7 nitrogen and oxygen atoms in total. The van der Waals surface area contributed by atoms with Gasteiger partial charge < -0.3 is 4.74 Å². The minimum Gasteiger partial charge on any atom is -0.491 e. The summed E-state index contributed by atoms with van der Waals surface area (Å²) in [5.74, 6) is 0.760. The molecule has 0 saturated heterocycles. The van der Waals surface area contributed by atoms with E-state index in [1.54, 1.807) is 19.4 Å². The Morgan fingerprint density at radius 1 is 1.24 bits per heavy atom. The van der Waals surface area contributed by atoms with E-state index in [-0.39, 0.29) is 10.8 Å². The van der Waals surface area contributed by atoms with E-state index in [4.69, 9.17) is 4.74 Å². The Morgan fingerprint density at radius 3 is 2.56 bits per heavy atom. The molecule has 25 heavy (non-hydrogen) atoms. The van der Waals surface area contributed by atoms with Gasteiger partial charge in [0.05, 0.1) is 30.4 Å². The summed E-state index contributed by atoms with van der Waals surface area (Å²) in [7, 11) is -1.44. The van der Waals surface area contributed by atoms with Crippen LogP contribution in [0, 0.1) is 10.8 Å². The highest BCUT2D eigenvalue weighted by molar-refractivity contribution is 7.88. The van der Waals surface area contributed by atoms with Gasteiger partial charge in [-0.1, -0.05) is 0 Å². The highest BCUT2D eigenvalue weighted by Crippen LogP contribution is 2.73. The number of nitrogens with one attached hydrogen (secondary N) is 1. The molecule has 3 fully saturated rings. The summed E-state index contributed by atoms with van der Waals surface area (Å²) < 4.78 is 30.5. The first-order chi connectivity index (χ1) is 11.8. The molecule has 0 radical (unpaired) electrons. The normalized spacial score (nSPS) is 27.6. The molecule has 134 valence electrons. The Balaban J connectivity index is 1.29. The summed E-state index contributed by atoms with van der Waals surface area (Å²) in [6, 6.07) is 5.70. The van der Waals surface area contributed by atoms with Crippen molar-refractivity contribution in [3.05, 3.63) is 30.6 Å². The fourth-order valence-corrected chi connectivity index (χ4v) is 4.91. The highest BCUT2D eigenvalue weighted by atomic mass is 32.2. The van der Waals surface area contributed by atoms with Crippen molar-refractivity contribution in [3.63, 3.8) is 0 Å². The number of H-pyrrole nitrogens is 1. The van der Waals surface area contributed by atoms with Gasteiger partial charge in [-0.25, -0.2) is 12.7 Å². The zero-order valence-electron chi connectivity index (χ0n) is 14.4. The maximum absolute atomic E-state index is 11.6. The van der Waals surface area contributed by atoms with Gasteiger partial charge in [-0.2, -0.15) is 5.10 Å². The van der Waals surface area contributed by atoms with E-state index in [9.17, 15) is 8.42 Å². The summed E-state index contributed by atoms with van der Waals surface area (Å²) in [5.41, 5.74) is 2.10. The second-order valence-corrected chi connectivity index (χ2v) is 9.78. The van der Waals surface area contributed by atoms with Crippen molar-refractivity contribution in [2.45, 2.75) is 19.3 Å². The van der Waals surface area contributed by atoms with E-state index < -0.39 is 10.0 Å². The van der Waals surface area contributed by atoms with Gasteiger partial charge in [0.15, 0.2) is 0 Å². The summed E-state index contributed by atoms with van der Waals surface area (Å²) >= 11 is 0. The topological polar surface area (TPSA) is 88.2 Å². The molecule has 2 aromatic rings. The molecule has 2 aromatic heterocycles. The number of rotatable bonds is 7. The first-order valence-corrected chi connectivity index (χ1v) is 10.1. The summed E-state index contributed by atoms with van der Waals surface area (Å²) in [4.78, 5) is 4.39. The van der Waals surface area contributed by atoms with Crippen molar-refractivity contribution in [1.29, 1.82) is 0 Å². The summed E-state index contributed by atoms with van der Waals surface area (Å²) in [6.45, 7) is 1.29. The standard InChI is InChI=1S/C17H22N4O3S/c1-21(25(2,22)23)11-16-8-17(9-16,10-16)12-24-13-3-4-14(18-7-13)15-5-6-19-20-15/h3-7H,8-12H2,1-2H3,(H,19,20)/t16-,17+. The Morgan fingerprint density at radius 2 is 2.00 bits per heavy atom. The van der Waals surface area contributed by atoms with Crippen molar-refractivity contribution in [2.24, 2.45) is 10.8 Å². The Labute approximate surface area is 147 Å². The van der Waals surface area contributed by atoms with Crippen LogP contribution in [0.4, 0.5) is 0 Å². The number of sulfonamides is 1. The molecule has 0 unspecified atom stereocenters. The smallest absolute Gasteiger partial charge is 0.210 e. The first kappa shape index (κ1) is 16.5. The number of hydrogen-bond donors (Lipinski definition) is 1. The van der Waals surface area contributed by atoms with Crippen LogP contribution in [0.2, 0.25) is 0 Å². The Kier molecular flexibility index (Phi) is 3.66. The van der Waals surface area contributed by atoms with E-state index in [2.05, 4.69) is 15.2 Å². The van der Waals surface area contributed by atoms with Crippen molar-refractivity contribution < 1.29 is 13.2 Å². The lowest BCUT2D eigenvalue weighted by Crippen LogP contribution is -2.67. The molecule has 2 bridgehead atoms. The molecule has 3 aliphatic rings. The van der Waals surface area contributed by atoms with E-state index in [0.717, 1.165) is 36.4 Å². The van der Waals surface area contributed by atoms with Gasteiger partial charge in [-0.15, -0.1) is 0 Å². The minimum absolute atomic E-state index is 0.171. The summed E-state index contributed by atoms with van der Waals surface area (Å²) in [6.07, 6.45) is 7.81. The van der Waals surface area contributed by atoms with Crippen molar-refractivity contribution >= 4 is 10.0 Å². The van der Waals surface area contributed by atoms with Gasteiger partial charge in [-0.05, 0) is 42.9 Å². The lowest BCUT2D eigenvalue weighted by atomic mass is 9.35. The molecule has 0 aliphatic heterocycles. The van der Waals surface area contributed by atoms with Crippen molar-refractivity contribution in [1.82, 2.24) is 19.5 Å².